The van der Waals surface area contributed by atoms with Crippen molar-refractivity contribution in [2.45, 2.75) is 20.4 Å². The molecule has 16 heavy (non-hydrogen) atoms. The van der Waals surface area contributed by atoms with E-state index in [2.05, 4.69) is 11.6 Å². The highest BCUT2D eigenvalue weighted by atomic mass is 16.5. The van der Waals surface area contributed by atoms with E-state index in [1.54, 1.807) is 13.1 Å². The number of carbonyl (C=O) groups is 1. The molecule has 1 rings (SSSR count). The fourth-order valence-corrected chi connectivity index (χ4v) is 1.18. The summed E-state index contributed by atoms with van der Waals surface area (Å²) in [7, 11) is 0. The standard InChI is InChI=1S/C11H14N2O3/c1-4-16-10(14)9(3)7-13-6-8(2)5-12-11(13)15/h5-6H,3-4,7H2,1-2H3. The Bertz CT molecular complexity index is 463. The van der Waals surface area contributed by atoms with Crippen LogP contribution in [0.25, 0.3) is 0 Å². The lowest BCUT2D eigenvalue weighted by Gasteiger charge is -2.07. The van der Waals surface area contributed by atoms with E-state index < -0.39 is 11.7 Å². The summed E-state index contributed by atoms with van der Waals surface area (Å²) in [5, 5.41) is 0. The van der Waals surface area contributed by atoms with Gasteiger partial charge in [0.25, 0.3) is 0 Å². The van der Waals surface area contributed by atoms with Gasteiger partial charge in [-0.3, -0.25) is 4.57 Å². The van der Waals surface area contributed by atoms with Crippen molar-refractivity contribution in [2.24, 2.45) is 0 Å². The van der Waals surface area contributed by atoms with Crippen LogP contribution < -0.4 is 5.69 Å². The van der Waals surface area contributed by atoms with Crippen LogP contribution in [0.3, 0.4) is 0 Å². The fourth-order valence-electron chi connectivity index (χ4n) is 1.18. The smallest absolute Gasteiger partial charge is 0.347 e. The summed E-state index contributed by atoms with van der Waals surface area (Å²) >= 11 is 0. The average molecular weight is 222 g/mol. The van der Waals surface area contributed by atoms with Gasteiger partial charge in [-0.2, -0.15) is 0 Å². The first-order valence-corrected chi connectivity index (χ1v) is 4.92. The van der Waals surface area contributed by atoms with Crippen molar-refractivity contribution >= 4 is 5.97 Å². The molecule has 0 bridgehead atoms. The van der Waals surface area contributed by atoms with Gasteiger partial charge in [-0.1, -0.05) is 6.58 Å². The van der Waals surface area contributed by atoms with Crippen LogP contribution in [0.2, 0.25) is 0 Å². The molecule has 5 heteroatoms. The van der Waals surface area contributed by atoms with E-state index in [0.717, 1.165) is 5.56 Å². The summed E-state index contributed by atoms with van der Waals surface area (Å²) in [6.45, 7) is 7.50. The molecule has 0 saturated heterocycles. The van der Waals surface area contributed by atoms with Crippen LogP contribution in [0.1, 0.15) is 12.5 Å². The number of aryl methyl sites for hydroxylation is 1. The molecule has 0 aliphatic rings. The molecule has 1 heterocycles. The van der Waals surface area contributed by atoms with E-state index in [4.69, 9.17) is 4.74 Å². The van der Waals surface area contributed by atoms with Gasteiger partial charge in [-0.15, -0.1) is 0 Å². The second-order valence-corrected chi connectivity index (χ2v) is 3.37. The summed E-state index contributed by atoms with van der Waals surface area (Å²) in [4.78, 5) is 26.3. The largest absolute Gasteiger partial charge is 0.463 e. The Balaban J connectivity index is 2.81. The van der Waals surface area contributed by atoms with E-state index in [1.165, 1.54) is 10.8 Å². The normalized spacial score (nSPS) is 9.88. The van der Waals surface area contributed by atoms with Gasteiger partial charge < -0.3 is 4.74 Å². The second kappa shape index (κ2) is 5.25. The van der Waals surface area contributed by atoms with Crippen LogP contribution in [0.4, 0.5) is 0 Å². The van der Waals surface area contributed by atoms with E-state index in [-0.39, 0.29) is 12.1 Å². The van der Waals surface area contributed by atoms with Crippen molar-refractivity contribution in [3.8, 4) is 0 Å². The maximum absolute atomic E-state index is 11.3. The highest BCUT2D eigenvalue weighted by molar-refractivity contribution is 5.87. The lowest BCUT2D eigenvalue weighted by molar-refractivity contribution is -0.138. The maximum Gasteiger partial charge on any atom is 0.347 e. The quantitative estimate of drug-likeness (QED) is 0.555. The predicted octanol–water partition coefficient (Wildman–Crippen LogP) is 0.671. The van der Waals surface area contributed by atoms with Gasteiger partial charge >= 0.3 is 11.7 Å². The van der Waals surface area contributed by atoms with Crippen LogP contribution in [0.15, 0.2) is 29.3 Å². The van der Waals surface area contributed by atoms with Gasteiger partial charge in [-0.25, -0.2) is 14.6 Å². The Hall–Kier alpha value is -1.91. The van der Waals surface area contributed by atoms with Crippen molar-refractivity contribution in [3.05, 3.63) is 40.6 Å². The summed E-state index contributed by atoms with van der Waals surface area (Å²) in [5.74, 6) is -0.490. The first-order chi connectivity index (χ1) is 7.54. The number of esters is 1. The number of hydrogen-bond acceptors (Lipinski definition) is 4. The molecule has 5 nitrogen and oxygen atoms in total. The molecule has 86 valence electrons. The SMILES string of the molecule is C=C(Cn1cc(C)cnc1=O)C(=O)OCC. The summed E-state index contributed by atoms with van der Waals surface area (Å²) in [6, 6.07) is 0. The summed E-state index contributed by atoms with van der Waals surface area (Å²) in [6.07, 6.45) is 3.10. The molecule has 0 saturated carbocycles. The molecule has 0 spiro atoms. The minimum Gasteiger partial charge on any atom is -0.463 e. The lowest BCUT2D eigenvalue weighted by Crippen LogP contribution is -2.25. The minimum absolute atomic E-state index is 0.104. The fraction of sp³-hybridized carbons (Fsp3) is 0.364. The molecule has 0 radical (unpaired) electrons. The van der Waals surface area contributed by atoms with E-state index in [1.807, 2.05) is 6.92 Å². The van der Waals surface area contributed by atoms with Gasteiger partial charge in [-0.05, 0) is 19.4 Å². The highest BCUT2D eigenvalue weighted by Gasteiger charge is 2.09. The Kier molecular flexibility index (Phi) is 3.99. The van der Waals surface area contributed by atoms with Crippen LogP contribution >= 0.6 is 0 Å². The molecular weight excluding hydrogens is 208 g/mol. The predicted molar refractivity (Wildman–Crippen MR) is 59.0 cm³/mol. The van der Waals surface area contributed by atoms with Crippen LogP contribution in [0, 0.1) is 6.92 Å². The monoisotopic (exact) mass is 222 g/mol. The number of rotatable bonds is 4. The summed E-state index contributed by atoms with van der Waals surface area (Å²) in [5.41, 5.74) is 0.670. The Morgan fingerprint density at radius 3 is 2.94 bits per heavy atom. The Labute approximate surface area is 93.4 Å². The first-order valence-electron chi connectivity index (χ1n) is 4.92. The van der Waals surface area contributed by atoms with Crippen molar-refractivity contribution in [1.82, 2.24) is 9.55 Å². The van der Waals surface area contributed by atoms with Gasteiger partial charge in [0.05, 0.1) is 13.2 Å². The van der Waals surface area contributed by atoms with Crippen molar-refractivity contribution in [3.63, 3.8) is 0 Å². The second-order valence-electron chi connectivity index (χ2n) is 3.37. The highest BCUT2D eigenvalue weighted by Crippen LogP contribution is 1.99. The molecule has 1 aromatic rings. The van der Waals surface area contributed by atoms with Crippen LogP contribution in [-0.2, 0) is 16.1 Å². The van der Waals surface area contributed by atoms with Crippen molar-refractivity contribution < 1.29 is 9.53 Å². The number of ether oxygens (including phenoxy) is 1. The molecule has 0 aromatic carbocycles. The van der Waals surface area contributed by atoms with Crippen molar-refractivity contribution in [1.29, 1.82) is 0 Å². The number of hydrogen-bond donors (Lipinski definition) is 0. The topological polar surface area (TPSA) is 61.2 Å². The summed E-state index contributed by atoms with van der Waals surface area (Å²) < 4.78 is 6.10. The van der Waals surface area contributed by atoms with E-state index in [9.17, 15) is 9.59 Å². The number of carbonyl (C=O) groups excluding carboxylic acids is 1. The van der Waals surface area contributed by atoms with Crippen LogP contribution in [0.5, 0.6) is 0 Å². The molecule has 0 atom stereocenters. The zero-order chi connectivity index (χ0) is 12.1. The Morgan fingerprint density at radius 1 is 1.62 bits per heavy atom. The number of nitrogens with zero attached hydrogens (tertiary/aromatic N) is 2. The maximum atomic E-state index is 11.3. The molecule has 0 unspecified atom stereocenters. The van der Waals surface area contributed by atoms with Crippen LogP contribution in [-0.4, -0.2) is 22.1 Å². The van der Waals surface area contributed by atoms with Gasteiger partial charge in [0.1, 0.15) is 0 Å². The molecule has 0 N–H and O–H groups in total. The number of aromatic nitrogens is 2. The van der Waals surface area contributed by atoms with E-state index in [0.29, 0.717) is 6.61 Å². The molecule has 1 aromatic heterocycles. The third-order valence-corrected chi connectivity index (χ3v) is 1.91. The van der Waals surface area contributed by atoms with Gasteiger partial charge in [0, 0.05) is 18.0 Å². The zero-order valence-corrected chi connectivity index (χ0v) is 9.40. The zero-order valence-electron chi connectivity index (χ0n) is 9.40. The third kappa shape index (κ3) is 3.05. The molecule has 0 fully saturated rings. The van der Waals surface area contributed by atoms with Gasteiger partial charge in [0.2, 0.25) is 0 Å². The van der Waals surface area contributed by atoms with E-state index >= 15 is 0 Å². The molecule has 0 aliphatic heterocycles. The minimum atomic E-state index is -0.490. The molecule has 0 aliphatic carbocycles. The molecular formula is C11H14N2O3. The Morgan fingerprint density at radius 2 is 2.31 bits per heavy atom. The molecule has 0 amide bonds. The average Bonchev–Trinajstić information content (AvgIpc) is 2.23. The van der Waals surface area contributed by atoms with Gasteiger partial charge in [0.15, 0.2) is 0 Å². The lowest BCUT2D eigenvalue weighted by atomic mass is 10.3. The third-order valence-electron chi connectivity index (χ3n) is 1.91. The first kappa shape index (κ1) is 12.2. The van der Waals surface area contributed by atoms with Crippen molar-refractivity contribution in [2.75, 3.05) is 6.61 Å².